The minimum atomic E-state index is 1.07. The molecule has 62 heavy (non-hydrogen) atoms. The maximum absolute atomic E-state index is 5.45. The van der Waals surface area contributed by atoms with Crippen LogP contribution >= 0.6 is 0 Å². The van der Waals surface area contributed by atoms with Crippen LogP contribution in [0.2, 0.25) is 0 Å². The lowest BCUT2D eigenvalue weighted by Gasteiger charge is -2.20. The highest BCUT2D eigenvalue weighted by molar-refractivity contribution is 6.15. The van der Waals surface area contributed by atoms with Crippen LogP contribution in [0, 0.1) is 0 Å². The minimum Gasteiger partial charge on any atom is -0.246 e. The van der Waals surface area contributed by atoms with E-state index >= 15 is 0 Å². The predicted molar refractivity (Wildman–Crippen MR) is 263 cm³/mol. The van der Waals surface area contributed by atoms with Crippen LogP contribution in [0.3, 0.4) is 0 Å². The molecule has 2 heteroatoms. The van der Waals surface area contributed by atoms with E-state index in [0.29, 0.717) is 0 Å². The molecule has 0 saturated heterocycles. The summed E-state index contributed by atoms with van der Waals surface area (Å²) in [5.74, 6) is 0. The number of rotatable bonds is 4. The van der Waals surface area contributed by atoms with E-state index in [1.54, 1.807) is 0 Å². The molecule has 0 bridgehead atoms. The molecule has 0 saturated carbocycles. The first-order valence-electron chi connectivity index (χ1n) is 22.5. The van der Waals surface area contributed by atoms with Crippen molar-refractivity contribution in [2.75, 3.05) is 0 Å². The van der Waals surface area contributed by atoms with Crippen LogP contribution < -0.4 is 0 Å². The summed E-state index contributed by atoms with van der Waals surface area (Å²) in [6, 6.07) is 46.1. The van der Waals surface area contributed by atoms with Crippen LogP contribution in [0.15, 0.2) is 146 Å². The first kappa shape index (κ1) is 35.6. The Labute approximate surface area is 362 Å². The summed E-state index contributed by atoms with van der Waals surface area (Å²) in [5.41, 5.74) is 25.1. The molecule has 2 nitrogen and oxygen atoms in total. The van der Waals surface area contributed by atoms with Crippen LogP contribution in [0.5, 0.6) is 0 Å². The number of hydrogen-bond donors (Lipinski definition) is 0. The van der Waals surface area contributed by atoms with Crippen LogP contribution in [0.4, 0.5) is 0 Å². The third-order valence-electron chi connectivity index (χ3n) is 14.1. The van der Waals surface area contributed by atoms with Gasteiger partial charge in [-0.05, 0) is 107 Å². The summed E-state index contributed by atoms with van der Waals surface area (Å²) < 4.78 is 0. The molecule has 9 aromatic rings. The van der Waals surface area contributed by atoms with Gasteiger partial charge in [-0.1, -0.05) is 170 Å². The molecule has 0 unspecified atom stereocenters. The lowest BCUT2D eigenvalue weighted by molar-refractivity contribution is 0.986. The first-order valence-corrected chi connectivity index (χ1v) is 22.5. The van der Waals surface area contributed by atoms with Crippen LogP contribution in [0.1, 0.15) is 70.2 Å². The number of fused-ring (bicyclic) bond motifs is 12. The molecule has 7 aromatic carbocycles. The summed E-state index contributed by atoms with van der Waals surface area (Å²) >= 11 is 0. The minimum absolute atomic E-state index is 1.07. The Morgan fingerprint density at radius 2 is 0.500 bits per heavy atom. The van der Waals surface area contributed by atoms with E-state index in [0.717, 1.165) is 73.4 Å². The fourth-order valence-corrected chi connectivity index (χ4v) is 10.9. The molecule has 294 valence electrons. The molecule has 0 amide bonds. The quantitative estimate of drug-likeness (QED) is 0.166. The molecular formula is C60H44N2. The van der Waals surface area contributed by atoms with Gasteiger partial charge in [-0.3, -0.25) is 0 Å². The van der Waals surface area contributed by atoms with Crippen molar-refractivity contribution >= 4 is 67.9 Å². The van der Waals surface area contributed by atoms with Gasteiger partial charge in [0.15, 0.2) is 0 Å². The van der Waals surface area contributed by atoms with Gasteiger partial charge in [0, 0.05) is 54.9 Å². The van der Waals surface area contributed by atoms with Gasteiger partial charge in [0.05, 0.1) is 22.1 Å². The van der Waals surface area contributed by atoms with Crippen molar-refractivity contribution < 1.29 is 0 Å². The highest BCUT2D eigenvalue weighted by Crippen LogP contribution is 2.43. The van der Waals surface area contributed by atoms with Gasteiger partial charge in [0.1, 0.15) is 0 Å². The summed E-state index contributed by atoms with van der Waals surface area (Å²) in [4.78, 5) is 10.9. The molecule has 0 radical (unpaired) electrons. The largest absolute Gasteiger partial charge is 0.246 e. The van der Waals surface area contributed by atoms with Crippen LogP contribution in [-0.2, 0) is 25.7 Å². The number of aromatic nitrogens is 2. The van der Waals surface area contributed by atoms with Gasteiger partial charge in [-0.25, -0.2) is 9.97 Å². The van der Waals surface area contributed by atoms with Crippen molar-refractivity contribution in [3.8, 4) is 44.5 Å². The van der Waals surface area contributed by atoms with E-state index in [4.69, 9.17) is 9.97 Å². The summed E-state index contributed by atoms with van der Waals surface area (Å²) in [6.45, 7) is 0. The monoisotopic (exact) mass is 792 g/mol. The highest BCUT2D eigenvalue weighted by atomic mass is 14.7. The summed E-state index contributed by atoms with van der Waals surface area (Å²) in [6.07, 6.45) is 27.1. The van der Waals surface area contributed by atoms with Crippen molar-refractivity contribution in [3.63, 3.8) is 0 Å². The predicted octanol–water partition coefficient (Wildman–Crippen LogP) is 15.6. The second kappa shape index (κ2) is 14.2. The Kier molecular flexibility index (Phi) is 8.16. The molecule has 4 aliphatic carbocycles. The fourth-order valence-electron chi connectivity index (χ4n) is 10.9. The number of allylic oxidation sites excluding steroid dienone is 4. The second-order valence-corrected chi connectivity index (χ2v) is 17.6. The molecule has 0 fully saturated rings. The third-order valence-corrected chi connectivity index (χ3v) is 14.1. The topological polar surface area (TPSA) is 25.8 Å². The number of hydrogen-bond acceptors (Lipinski definition) is 2. The normalized spacial score (nSPS) is 15.0. The summed E-state index contributed by atoms with van der Waals surface area (Å²) in [5, 5.41) is 4.90. The molecule has 0 spiro atoms. The van der Waals surface area contributed by atoms with Crippen molar-refractivity contribution in [2.45, 2.75) is 51.4 Å². The first-order chi connectivity index (χ1) is 30.7. The molecule has 4 aliphatic rings. The average Bonchev–Trinajstić information content (AvgIpc) is 3.35. The zero-order chi connectivity index (χ0) is 40.7. The maximum atomic E-state index is 5.45. The fraction of sp³-hybridized carbons (Fsp3) is 0.133. The molecule has 2 heterocycles. The molecule has 0 N–H and O–H groups in total. The van der Waals surface area contributed by atoms with E-state index in [2.05, 4.69) is 170 Å². The van der Waals surface area contributed by atoms with Gasteiger partial charge in [0.2, 0.25) is 0 Å². The van der Waals surface area contributed by atoms with Gasteiger partial charge in [0.25, 0.3) is 0 Å². The van der Waals surface area contributed by atoms with Crippen molar-refractivity contribution in [1.29, 1.82) is 0 Å². The lowest BCUT2D eigenvalue weighted by atomic mass is 9.87. The van der Waals surface area contributed by atoms with E-state index in [1.165, 1.54) is 111 Å². The smallest absolute Gasteiger partial charge is 0.0791 e. The molecule has 0 aliphatic heterocycles. The van der Waals surface area contributed by atoms with Crippen molar-refractivity contribution in [1.82, 2.24) is 9.97 Å². The number of aryl methyl sites for hydroxylation is 4. The number of pyridine rings is 2. The second-order valence-electron chi connectivity index (χ2n) is 17.6. The Hall–Kier alpha value is -7.16. The Bertz CT molecular complexity index is 3070. The zero-order valence-electron chi connectivity index (χ0n) is 34.7. The number of benzene rings is 7. The standard InChI is InChI=1S/C60H44N2/c1-5-13-47-41(9-1)29-33-51-55(52-34-30-42-10-2-6-14-48(42)58(52)61-57(47)51)45-25-21-39(22-26-45)37-17-19-38(20-18-37)40-23-27-46(28-24-40)56-53-35-31-43-11-3-7-15-49(43)59(53)62-60-50-16-8-4-12-44(50)32-36-54(56)60/h5-8,13-36H,1-4,9-12H2. The molecule has 0 atom stereocenters. The van der Waals surface area contributed by atoms with E-state index < -0.39 is 0 Å². The van der Waals surface area contributed by atoms with Gasteiger partial charge >= 0.3 is 0 Å². The third kappa shape index (κ3) is 5.63. The molecule has 13 rings (SSSR count). The van der Waals surface area contributed by atoms with Crippen LogP contribution in [0.25, 0.3) is 112 Å². The van der Waals surface area contributed by atoms with E-state index in [9.17, 15) is 0 Å². The maximum Gasteiger partial charge on any atom is 0.0791 e. The van der Waals surface area contributed by atoms with Crippen LogP contribution in [-0.4, -0.2) is 9.97 Å². The SMILES string of the molecule is C1=Cc2c(ccc3c(-c4ccc(-c5ccc(-c6ccc(-c7c8ccc9c(c8nc8c%10c(ccc78)CCC=C%10)C=CCC9)cc6)cc5)cc4)c4ccc5c(c4nc23)C=CCC5)CC1. The Morgan fingerprint density at radius 1 is 0.258 bits per heavy atom. The van der Waals surface area contributed by atoms with E-state index in [1.807, 2.05) is 0 Å². The van der Waals surface area contributed by atoms with Gasteiger partial charge in [-0.15, -0.1) is 0 Å². The van der Waals surface area contributed by atoms with Gasteiger partial charge < -0.3 is 0 Å². The van der Waals surface area contributed by atoms with E-state index in [-0.39, 0.29) is 0 Å². The lowest BCUT2D eigenvalue weighted by Crippen LogP contribution is -2.01. The zero-order valence-corrected chi connectivity index (χ0v) is 34.7. The molecule has 2 aromatic heterocycles. The number of nitrogens with zero attached hydrogens (tertiary/aromatic N) is 2. The Morgan fingerprint density at radius 3 is 0.758 bits per heavy atom. The van der Waals surface area contributed by atoms with Gasteiger partial charge in [-0.2, -0.15) is 0 Å². The molecular weight excluding hydrogens is 749 g/mol. The summed E-state index contributed by atoms with van der Waals surface area (Å²) in [7, 11) is 0. The average molecular weight is 793 g/mol. The highest BCUT2D eigenvalue weighted by Gasteiger charge is 2.22. The Balaban J connectivity index is 0.851. The van der Waals surface area contributed by atoms with Crippen molar-refractivity contribution in [3.05, 3.63) is 190 Å². The van der Waals surface area contributed by atoms with Crippen molar-refractivity contribution in [2.24, 2.45) is 0 Å².